The fourth-order valence-corrected chi connectivity index (χ4v) is 1.45. The highest BCUT2D eigenvalue weighted by atomic mass is 32.3. The van der Waals surface area contributed by atoms with Crippen LogP contribution < -0.4 is 5.32 Å². The average molecular weight is 292 g/mol. The summed E-state index contributed by atoms with van der Waals surface area (Å²) >= 11 is 0. The van der Waals surface area contributed by atoms with E-state index in [2.05, 4.69) is 13.7 Å². The van der Waals surface area contributed by atoms with Gasteiger partial charge in [0.2, 0.25) is 0 Å². The Kier molecular flexibility index (Phi) is 7.78. The third-order valence-corrected chi connectivity index (χ3v) is 2.31. The molecule has 0 aromatic carbocycles. The Morgan fingerprint density at radius 1 is 0.824 bits per heavy atom. The summed E-state index contributed by atoms with van der Waals surface area (Å²) in [6.45, 7) is 0.260. The van der Waals surface area contributed by atoms with Gasteiger partial charge in [-0.1, -0.05) is 0 Å². The first kappa shape index (κ1) is 16.7. The van der Waals surface area contributed by atoms with Crippen LogP contribution in [0.1, 0.15) is 12.8 Å². The number of nitrogens with zero attached hydrogens (tertiary/aromatic N) is 1. The lowest BCUT2D eigenvalue weighted by Gasteiger charge is -2.02. The van der Waals surface area contributed by atoms with Crippen molar-refractivity contribution in [3.63, 3.8) is 0 Å². The molecular formula is C6H14NO8S2. The molecule has 0 saturated carbocycles. The van der Waals surface area contributed by atoms with Crippen LogP contribution in [-0.4, -0.2) is 52.2 Å². The topological polar surface area (TPSA) is 141 Å². The molecule has 0 bridgehead atoms. The lowest BCUT2D eigenvalue weighted by molar-refractivity contribution is 0.258. The van der Waals surface area contributed by atoms with Crippen LogP contribution >= 0.6 is 0 Å². The van der Waals surface area contributed by atoms with Gasteiger partial charge in [-0.25, -0.2) is 13.7 Å². The van der Waals surface area contributed by atoms with Gasteiger partial charge >= 0.3 is 20.8 Å². The van der Waals surface area contributed by atoms with Gasteiger partial charge in [0.05, 0.1) is 13.2 Å². The second-order valence-electron chi connectivity index (χ2n) is 2.88. The molecule has 0 amide bonds. The molecule has 17 heavy (non-hydrogen) atoms. The molecule has 11 heteroatoms. The Bertz CT molecular complexity index is 350. The van der Waals surface area contributed by atoms with E-state index in [9.17, 15) is 16.8 Å². The van der Waals surface area contributed by atoms with E-state index >= 15 is 0 Å². The Hall–Kier alpha value is -0.300. The fourth-order valence-electron chi connectivity index (χ4n) is 0.793. The van der Waals surface area contributed by atoms with E-state index in [4.69, 9.17) is 9.11 Å². The highest BCUT2D eigenvalue weighted by Gasteiger charge is 2.04. The predicted molar refractivity (Wildman–Crippen MR) is 56.1 cm³/mol. The molecule has 0 aliphatic heterocycles. The van der Waals surface area contributed by atoms with Gasteiger partial charge in [-0.2, -0.15) is 16.8 Å². The van der Waals surface area contributed by atoms with Crippen LogP contribution in [0.2, 0.25) is 0 Å². The summed E-state index contributed by atoms with van der Waals surface area (Å²) in [7, 11) is -8.80. The third-order valence-electron chi connectivity index (χ3n) is 1.39. The van der Waals surface area contributed by atoms with E-state index in [-0.39, 0.29) is 13.2 Å². The van der Waals surface area contributed by atoms with E-state index in [0.717, 1.165) is 0 Å². The maximum absolute atomic E-state index is 10.1. The summed E-state index contributed by atoms with van der Waals surface area (Å²) in [5.41, 5.74) is 0. The zero-order valence-corrected chi connectivity index (χ0v) is 10.5. The van der Waals surface area contributed by atoms with E-state index in [0.29, 0.717) is 25.9 Å². The molecule has 1 radical (unpaired) electrons. The van der Waals surface area contributed by atoms with Gasteiger partial charge in [-0.3, -0.25) is 9.11 Å². The summed E-state index contributed by atoms with van der Waals surface area (Å²) in [5.74, 6) is 0. The summed E-state index contributed by atoms with van der Waals surface area (Å²) in [6, 6.07) is 0. The molecule has 0 aromatic heterocycles. The summed E-state index contributed by atoms with van der Waals surface area (Å²) < 4.78 is 64.9. The van der Waals surface area contributed by atoms with Crippen molar-refractivity contribution >= 4 is 20.8 Å². The van der Waals surface area contributed by atoms with Crippen LogP contribution in [-0.2, 0) is 29.2 Å². The monoisotopic (exact) mass is 292 g/mol. The van der Waals surface area contributed by atoms with E-state index < -0.39 is 20.8 Å². The van der Waals surface area contributed by atoms with Gasteiger partial charge in [-0.15, -0.1) is 0 Å². The second kappa shape index (κ2) is 7.92. The summed E-state index contributed by atoms with van der Waals surface area (Å²) in [6.07, 6.45) is 0.609. The van der Waals surface area contributed by atoms with Gasteiger partial charge in [0, 0.05) is 13.1 Å². The van der Waals surface area contributed by atoms with Gasteiger partial charge in [0.1, 0.15) is 0 Å². The largest absolute Gasteiger partial charge is 0.397 e. The molecule has 0 spiro atoms. The first-order valence-electron chi connectivity index (χ1n) is 4.57. The minimum atomic E-state index is -4.40. The highest BCUT2D eigenvalue weighted by molar-refractivity contribution is 7.81. The van der Waals surface area contributed by atoms with Crippen molar-refractivity contribution in [2.75, 3.05) is 26.3 Å². The molecule has 0 rings (SSSR count). The van der Waals surface area contributed by atoms with Crippen LogP contribution in [0.3, 0.4) is 0 Å². The van der Waals surface area contributed by atoms with Gasteiger partial charge in [0.15, 0.2) is 0 Å². The first-order chi connectivity index (χ1) is 7.71. The van der Waals surface area contributed by atoms with E-state index in [1.165, 1.54) is 0 Å². The van der Waals surface area contributed by atoms with Crippen LogP contribution in [0, 0.1) is 0 Å². The fraction of sp³-hybridized carbons (Fsp3) is 1.00. The first-order valence-corrected chi connectivity index (χ1v) is 7.31. The van der Waals surface area contributed by atoms with Crippen LogP contribution in [0.4, 0.5) is 0 Å². The van der Waals surface area contributed by atoms with Crippen LogP contribution in [0.25, 0.3) is 0 Å². The molecular weight excluding hydrogens is 278 g/mol. The second-order valence-corrected chi connectivity index (χ2v) is 5.06. The number of hydrogen-bond acceptors (Lipinski definition) is 6. The van der Waals surface area contributed by atoms with Crippen LogP contribution in [0.5, 0.6) is 0 Å². The van der Waals surface area contributed by atoms with E-state index in [1.54, 1.807) is 0 Å². The van der Waals surface area contributed by atoms with Crippen molar-refractivity contribution in [1.29, 1.82) is 0 Å². The van der Waals surface area contributed by atoms with Crippen LogP contribution in [0.15, 0.2) is 0 Å². The summed E-state index contributed by atoms with van der Waals surface area (Å²) in [5, 5.41) is 3.90. The molecule has 0 fully saturated rings. The molecule has 2 N–H and O–H groups in total. The SMILES string of the molecule is O=S(=O)(O)OCCC[N]CCCOS(=O)(=O)O. The van der Waals surface area contributed by atoms with Crippen molar-refractivity contribution < 1.29 is 34.3 Å². The Balaban J connectivity index is 3.25. The molecule has 103 valence electrons. The average Bonchev–Trinajstić information content (AvgIpc) is 2.11. The minimum absolute atomic E-state index is 0.177. The quantitative estimate of drug-likeness (QED) is 0.386. The Morgan fingerprint density at radius 2 is 1.18 bits per heavy atom. The lowest BCUT2D eigenvalue weighted by Crippen LogP contribution is -2.15. The molecule has 9 nitrogen and oxygen atoms in total. The van der Waals surface area contributed by atoms with Gasteiger partial charge in [0.25, 0.3) is 0 Å². The van der Waals surface area contributed by atoms with Crippen molar-refractivity contribution in [3.05, 3.63) is 0 Å². The normalized spacial score (nSPS) is 12.8. The third kappa shape index (κ3) is 15.7. The standard InChI is InChI=1S/C6H14NO8S2/c8-16(9,10)14-5-1-3-7-4-2-6-15-17(11,12)13/h1-6H2,(H,8,9,10)(H,11,12,13). The highest BCUT2D eigenvalue weighted by Crippen LogP contribution is 1.91. The molecule has 0 aromatic rings. The van der Waals surface area contributed by atoms with E-state index in [1.807, 2.05) is 0 Å². The number of hydrogen-bond donors (Lipinski definition) is 2. The molecule has 0 aliphatic carbocycles. The minimum Gasteiger partial charge on any atom is -0.264 e. The van der Waals surface area contributed by atoms with Crippen molar-refractivity contribution in [2.45, 2.75) is 12.8 Å². The maximum atomic E-state index is 10.1. The Morgan fingerprint density at radius 3 is 1.47 bits per heavy atom. The van der Waals surface area contributed by atoms with Gasteiger partial charge < -0.3 is 0 Å². The number of rotatable bonds is 10. The lowest BCUT2D eigenvalue weighted by atomic mass is 10.4. The Labute approximate surface area is 100 Å². The van der Waals surface area contributed by atoms with Crippen molar-refractivity contribution in [2.24, 2.45) is 0 Å². The zero-order valence-electron chi connectivity index (χ0n) is 8.85. The molecule has 0 saturated heterocycles. The molecule has 0 heterocycles. The molecule has 0 atom stereocenters. The summed E-state index contributed by atoms with van der Waals surface area (Å²) in [4.78, 5) is 0. The van der Waals surface area contributed by atoms with Crippen molar-refractivity contribution in [1.82, 2.24) is 5.32 Å². The molecule has 0 aliphatic rings. The van der Waals surface area contributed by atoms with Gasteiger partial charge in [-0.05, 0) is 12.8 Å². The maximum Gasteiger partial charge on any atom is 0.397 e. The van der Waals surface area contributed by atoms with Crippen molar-refractivity contribution in [3.8, 4) is 0 Å². The zero-order chi connectivity index (χ0) is 13.4. The predicted octanol–water partition coefficient (Wildman–Crippen LogP) is -0.990. The smallest absolute Gasteiger partial charge is 0.264 e. The molecule has 0 unspecified atom stereocenters.